The molecule has 0 aliphatic heterocycles. The molecule has 0 aliphatic carbocycles. The maximum Gasteiger partial charge on any atom is 0.127 e. The lowest BCUT2D eigenvalue weighted by atomic mass is 10.1. The Morgan fingerprint density at radius 1 is 0.944 bits per heavy atom. The van der Waals surface area contributed by atoms with E-state index in [2.05, 4.69) is 19.1 Å². The van der Waals surface area contributed by atoms with Gasteiger partial charge >= 0.3 is 0 Å². The van der Waals surface area contributed by atoms with E-state index < -0.39 is 0 Å². The second kappa shape index (κ2) is 5.69. The molecule has 0 spiro atoms. The second-order valence-corrected chi connectivity index (χ2v) is 4.46. The number of hydrogen-bond acceptors (Lipinski definition) is 2. The molecule has 1 atom stereocenters. The van der Waals surface area contributed by atoms with Crippen molar-refractivity contribution in [2.75, 3.05) is 0 Å². The lowest BCUT2D eigenvalue weighted by molar-refractivity contribution is 0.482. The average molecular weight is 241 g/mol. The normalized spacial score (nSPS) is 12.2. The van der Waals surface area contributed by atoms with Crippen LogP contribution in [-0.2, 0) is 6.42 Å². The Morgan fingerprint density at radius 3 is 1.89 bits per heavy atom. The summed E-state index contributed by atoms with van der Waals surface area (Å²) in [5.41, 5.74) is 8.24. The molecule has 18 heavy (non-hydrogen) atoms. The summed E-state index contributed by atoms with van der Waals surface area (Å²) >= 11 is 0. The van der Waals surface area contributed by atoms with Crippen LogP contribution in [0.4, 0.5) is 0 Å². The van der Waals surface area contributed by atoms with Crippen molar-refractivity contribution in [2.24, 2.45) is 5.73 Å². The van der Waals surface area contributed by atoms with Crippen LogP contribution in [0, 0.1) is 0 Å². The molecule has 2 aromatic rings. The van der Waals surface area contributed by atoms with Gasteiger partial charge in [0, 0.05) is 6.04 Å². The van der Waals surface area contributed by atoms with Crippen LogP contribution in [0.3, 0.4) is 0 Å². The van der Waals surface area contributed by atoms with Gasteiger partial charge in [-0.05, 0) is 48.7 Å². The highest BCUT2D eigenvalue weighted by atomic mass is 16.5. The molecule has 2 N–H and O–H groups in total. The van der Waals surface area contributed by atoms with E-state index in [-0.39, 0.29) is 6.04 Å². The van der Waals surface area contributed by atoms with E-state index in [1.807, 2.05) is 43.3 Å². The van der Waals surface area contributed by atoms with Crippen molar-refractivity contribution in [1.29, 1.82) is 0 Å². The Morgan fingerprint density at radius 2 is 1.44 bits per heavy atom. The van der Waals surface area contributed by atoms with Crippen LogP contribution < -0.4 is 10.5 Å². The van der Waals surface area contributed by atoms with Crippen molar-refractivity contribution in [1.82, 2.24) is 0 Å². The van der Waals surface area contributed by atoms with E-state index in [0.29, 0.717) is 0 Å². The van der Waals surface area contributed by atoms with Gasteiger partial charge in [0.25, 0.3) is 0 Å². The molecule has 2 rings (SSSR count). The molecule has 2 nitrogen and oxygen atoms in total. The van der Waals surface area contributed by atoms with Crippen LogP contribution in [0.15, 0.2) is 48.5 Å². The van der Waals surface area contributed by atoms with Gasteiger partial charge in [-0.3, -0.25) is 0 Å². The van der Waals surface area contributed by atoms with Gasteiger partial charge in [0.1, 0.15) is 11.5 Å². The molecule has 2 aromatic carbocycles. The van der Waals surface area contributed by atoms with Gasteiger partial charge in [-0.15, -0.1) is 0 Å². The van der Waals surface area contributed by atoms with E-state index in [1.165, 1.54) is 5.56 Å². The molecule has 0 fully saturated rings. The van der Waals surface area contributed by atoms with E-state index in [9.17, 15) is 0 Å². The fraction of sp³-hybridized carbons (Fsp3) is 0.250. The molecule has 0 amide bonds. The first-order valence-electron chi connectivity index (χ1n) is 6.31. The van der Waals surface area contributed by atoms with Crippen LogP contribution in [-0.4, -0.2) is 0 Å². The molecule has 0 heterocycles. The van der Waals surface area contributed by atoms with Crippen molar-refractivity contribution in [3.8, 4) is 11.5 Å². The third-order valence-corrected chi connectivity index (χ3v) is 2.97. The van der Waals surface area contributed by atoms with Gasteiger partial charge in [0.2, 0.25) is 0 Å². The molecule has 0 aliphatic rings. The van der Waals surface area contributed by atoms with E-state index in [4.69, 9.17) is 10.5 Å². The van der Waals surface area contributed by atoms with Gasteiger partial charge in [0.05, 0.1) is 0 Å². The SMILES string of the molecule is CCc1ccc(Oc2ccc([C@H](C)N)cc2)cc1. The third kappa shape index (κ3) is 3.11. The summed E-state index contributed by atoms with van der Waals surface area (Å²) in [6, 6.07) is 16.1. The standard InChI is InChI=1S/C16H19NO/c1-3-13-4-8-15(9-5-13)18-16-10-6-14(7-11-16)12(2)17/h4-12H,3,17H2,1-2H3/t12-/m0/s1. The van der Waals surface area contributed by atoms with Crippen molar-refractivity contribution in [2.45, 2.75) is 26.3 Å². The predicted molar refractivity (Wildman–Crippen MR) is 74.9 cm³/mol. The maximum absolute atomic E-state index is 5.81. The number of nitrogens with two attached hydrogens (primary N) is 1. The minimum atomic E-state index is 0.0582. The molecule has 2 heteroatoms. The average Bonchev–Trinajstić information content (AvgIpc) is 2.40. The van der Waals surface area contributed by atoms with Crippen LogP contribution >= 0.6 is 0 Å². The fourth-order valence-corrected chi connectivity index (χ4v) is 1.77. The van der Waals surface area contributed by atoms with Crippen LogP contribution in [0.5, 0.6) is 11.5 Å². The minimum Gasteiger partial charge on any atom is -0.457 e. The summed E-state index contributed by atoms with van der Waals surface area (Å²) in [4.78, 5) is 0. The molecule has 0 radical (unpaired) electrons. The van der Waals surface area contributed by atoms with E-state index >= 15 is 0 Å². The smallest absolute Gasteiger partial charge is 0.127 e. The first-order chi connectivity index (χ1) is 8.69. The first-order valence-corrected chi connectivity index (χ1v) is 6.31. The van der Waals surface area contributed by atoms with Crippen molar-refractivity contribution in [3.05, 3.63) is 59.7 Å². The van der Waals surface area contributed by atoms with Crippen LogP contribution in [0.2, 0.25) is 0 Å². The lowest BCUT2D eigenvalue weighted by Crippen LogP contribution is -2.04. The third-order valence-electron chi connectivity index (χ3n) is 2.97. The van der Waals surface area contributed by atoms with Crippen molar-refractivity contribution >= 4 is 0 Å². The highest BCUT2D eigenvalue weighted by Crippen LogP contribution is 2.23. The molecule has 94 valence electrons. The van der Waals surface area contributed by atoms with E-state index in [0.717, 1.165) is 23.5 Å². The Bertz CT molecular complexity index is 486. The van der Waals surface area contributed by atoms with Gasteiger partial charge in [0.15, 0.2) is 0 Å². The number of ether oxygens (including phenoxy) is 1. The van der Waals surface area contributed by atoms with E-state index in [1.54, 1.807) is 0 Å². The first kappa shape index (κ1) is 12.7. The van der Waals surface area contributed by atoms with Crippen LogP contribution in [0.25, 0.3) is 0 Å². The van der Waals surface area contributed by atoms with Gasteiger partial charge < -0.3 is 10.5 Å². The number of benzene rings is 2. The summed E-state index contributed by atoms with van der Waals surface area (Å²) in [6.45, 7) is 4.11. The van der Waals surface area contributed by atoms with Gasteiger partial charge in [-0.2, -0.15) is 0 Å². The number of rotatable bonds is 4. The zero-order valence-corrected chi connectivity index (χ0v) is 10.9. The maximum atomic E-state index is 5.81. The summed E-state index contributed by atoms with van der Waals surface area (Å²) in [7, 11) is 0. The summed E-state index contributed by atoms with van der Waals surface area (Å²) in [6.07, 6.45) is 1.05. The minimum absolute atomic E-state index is 0.0582. The quantitative estimate of drug-likeness (QED) is 0.876. The number of aryl methyl sites for hydroxylation is 1. The monoisotopic (exact) mass is 241 g/mol. The number of hydrogen-bond donors (Lipinski definition) is 1. The Balaban J connectivity index is 2.08. The summed E-state index contributed by atoms with van der Waals surface area (Å²) in [5.74, 6) is 1.70. The zero-order valence-electron chi connectivity index (χ0n) is 10.9. The van der Waals surface area contributed by atoms with Crippen molar-refractivity contribution in [3.63, 3.8) is 0 Å². The van der Waals surface area contributed by atoms with Gasteiger partial charge in [-0.25, -0.2) is 0 Å². The van der Waals surface area contributed by atoms with Crippen LogP contribution in [0.1, 0.15) is 31.0 Å². The molecule has 0 saturated heterocycles. The molecule has 0 bridgehead atoms. The molecule has 0 unspecified atom stereocenters. The highest BCUT2D eigenvalue weighted by molar-refractivity contribution is 5.35. The molecule has 0 saturated carbocycles. The molecule has 0 aromatic heterocycles. The lowest BCUT2D eigenvalue weighted by Gasteiger charge is -2.09. The Labute approximate surface area is 108 Å². The van der Waals surface area contributed by atoms with Crippen molar-refractivity contribution < 1.29 is 4.74 Å². The summed E-state index contributed by atoms with van der Waals surface area (Å²) in [5, 5.41) is 0. The Kier molecular flexibility index (Phi) is 4.00. The Hall–Kier alpha value is -1.80. The predicted octanol–water partition coefficient (Wildman–Crippen LogP) is 4.06. The highest BCUT2D eigenvalue weighted by Gasteiger charge is 2.01. The second-order valence-electron chi connectivity index (χ2n) is 4.46. The van der Waals surface area contributed by atoms with Gasteiger partial charge in [-0.1, -0.05) is 31.2 Å². The molecular weight excluding hydrogens is 222 g/mol. The molecular formula is C16H19NO. The largest absolute Gasteiger partial charge is 0.457 e. The topological polar surface area (TPSA) is 35.2 Å². The zero-order chi connectivity index (χ0) is 13.0. The fourth-order valence-electron chi connectivity index (χ4n) is 1.77. The summed E-state index contributed by atoms with van der Waals surface area (Å²) < 4.78 is 5.77.